The molecule has 5 heteroatoms. The van der Waals surface area contributed by atoms with Crippen molar-refractivity contribution in [3.63, 3.8) is 0 Å². The van der Waals surface area contributed by atoms with Crippen molar-refractivity contribution in [1.29, 1.82) is 5.26 Å². The highest BCUT2D eigenvalue weighted by molar-refractivity contribution is 5.89. The maximum absolute atomic E-state index is 11.8. The van der Waals surface area contributed by atoms with Crippen LogP contribution in [0.5, 0.6) is 0 Å². The van der Waals surface area contributed by atoms with Crippen molar-refractivity contribution in [3.8, 4) is 6.07 Å². The molecule has 0 amide bonds. The summed E-state index contributed by atoms with van der Waals surface area (Å²) >= 11 is 0. The van der Waals surface area contributed by atoms with Gasteiger partial charge in [0.1, 0.15) is 5.69 Å². The first-order chi connectivity index (χ1) is 8.06. The van der Waals surface area contributed by atoms with Gasteiger partial charge in [-0.1, -0.05) is 0 Å². The van der Waals surface area contributed by atoms with Gasteiger partial charge in [-0.25, -0.2) is 4.79 Å². The molecule has 1 aromatic rings. The number of carbonyl (C=O) groups is 1. The second-order valence-corrected chi connectivity index (χ2v) is 4.06. The van der Waals surface area contributed by atoms with Crippen molar-refractivity contribution < 1.29 is 9.53 Å². The number of carbonyl (C=O) groups excluding carboxylic acids is 1. The minimum absolute atomic E-state index is 0.147. The van der Waals surface area contributed by atoms with E-state index in [9.17, 15) is 4.79 Å². The van der Waals surface area contributed by atoms with Crippen LogP contribution in [-0.2, 0) is 4.74 Å². The van der Waals surface area contributed by atoms with Crippen molar-refractivity contribution >= 4 is 11.7 Å². The van der Waals surface area contributed by atoms with E-state index in [0.717, 1.165) is 0 Å². The van der Waals surface area contributed by atoms with E-state index in [1.165, 1.54) is 0 Å². The van der Waals surface area contributed by atoms with Gasteiger partial charge in [-0.05, 0) is 26.3 Å². The fraction of sp³-hybridized carbons (Fsp3) is 0.500. The number of hydrogen-bond acceptors (Lipinski definition) is 4. The van der Waals surface area contributed by atoms with Crippen molar-refractivity contribution in [2.75, 3.05) is 12.3 Å². The van der Waals surface area contributed by atoms with Crippen LogP contribution in [0.25, 0.3) is 0 Å². The first-order valence-corrected chi connectivity index (χ1v) is 5.57. The van der Waals surface area contributed by atoms with Crippen LogP contribution in [0.4, 0.5) is 5.69 Å². The van der Waals surface area contributed by atoms with Crippen LogP contribution in [0.2, 0.25) is 0 Å². The minimum Gasteiger partial charge on any atom is -0.461 e. The molecule has 0 radical (unpaired) electrons. The number of ether oxygens (including phenoxy) is 1. The number of unbranched alkanes of at least 4 members (excludes halogenated alkanes) is 1. The standard InChI is InChI=1S/C12H17N3O2/c1-9(2)15-8-10(14)7-11(15)12(16)17-6-4-3-5-13/h7-9H,3-4,6,14H2,1-2H3. The highest BCUT2D eigenvalue weighted by Crippen LogP contribution is 2.17. The molecule has 0 saturated carbocycles. The van der Waals surface area contributed by atoms with Crippen LogP contribution < -0.4 is 5.73 Å². The normalized spacial score (nSPS) is 10.2. The third-order valence-corrected chi connectivity index (χ3v) is 2.30. The van der Waals surface area contributed by atoms with Gasteiger partial charge in [0.05, 0.1) is 18.4 Å². The molecule has 5 nitrogen and oxygen atoms in total. The lowest BCUT2D eigenvalue weighted by Crippen LogP contribution is -2.13. The molecule has 0 aromatic carbocycles. The first-order valence-electron chi connectivity index (χ1n) is 5.57. The van der Waals surface area contributed by atoms with Gasteiger partial charge < -0.3 is 15.0 Å². The Kier molecular flexibility index (Phi) is 4.58. The molecule has 0 saturated heterocycles. The molecule has 92 valence electrons. The number of nitrogen functional groups attached to an aromatic ring is 1. The van der Waals surface area contributed by atoms with Gasteiger partial charge in [-0.15, -0.1) is 0 Å². The monoisotopic (exact) mass is 235 g/mol. The van der Waals surface area contributed by atoms with E-state index in [4.69, 9.17) is 15.7 Å². The van der Waals surface area contributed by atoms with Gasteiger partial charge in [0, 0.05) is 18.7 Å². The summed E-state index contributed by atoms with van der Waals surface area (Å²) < 4.78 is 6.85. The SMILES string of the molecule is CC(C)n1cc(N)cc1C(=O)OCCCC#N. The molecule has 0 bridgehead atoms. The van der Waals surface area contributed by atoms with E-state index in [-0.39, 0.29) is 12.6 Å². The zero-order valence-corrected chi connectivity index (χ0v) is 10.1. The maximum Gasteiger partial charge on any atom is 0.355 e. The molecule has 0 spiro atoms. The van der Waals surface area contributed by atoms with Crippen LogP contribution in [0, 0.1) is 11.3 Å². The summed E-state index contributed by atoms with van der Waals surface area (Å²) in [6, 6.07) is 3.75. The fourth-order valence-electron chi connectivity index (χ4n) is 1.48. The van der Waals surface area contributed by atoms with Crippen molar-refractivity contribution in [2.24, 2.45) is 0 Å². The van der Waals surface area contributed by atoms with Crippen LogP contribution >= 0.6 is 0 Å². The number of aromatic nitrogens is 1. The average molecular weight is 235 g/mol. The number of nitrogens with two attached hydrogens (primary N) is 1. The predicted octanol–water partition coefficient (Wildman–Crippen LogP) is 2.11. The lowest BCUT2D eigenvalue weighted by Gasteiger charge is -2.11. The number of rotatable bonds is 5. The summed E-state index contributed by atoms with van der Waals surface area (Å²) in [6.45, 7) is 4.19. The summed E-state index contributed by atoms with van der Waals surface area (Å²) in [4.78, 5) is 11.8. The molecule has 0 fully saturated rings. The molecule has 0 unspecified atom stereocenters. The Morgan fingerprint density at radius 3 is 2.94 bits per heavy atom. The third kappa shape index (κ3) is 3.52. The minimum atomic E-state index is -0.395. The smallest absolute Gasteiger partial charge is 0.355 e. The van der Waals surface area contributed by atoms with Crippen molar-refractivity contribution in [2.45, 2.75) is 32.7 Å². The molecule has 17 heavy (non-hydrogen) atoms. The van der Waals surface area contributed by atoms with E-state index in [1.807, 2.05) is 19.9 Å². The zero-order chi connectivity index (χ0) is 12.8. The quantitative estimate of drug-likeness (QED) is 0.626. The van der Waals surface area contributed by atoms with E-state index >= 15 is 0 Å². The molecular weight excluding hydrogens is 218 g/mol. The van der Waals surface area contributed by atoms with Gasteiger partial charge in [0.25, 0.3) is 0 Å². The van der Waals surface area contributed by atoms with E-state index in [2.05, 4.69) is 0 Å². The zero-order valence-electron chi connectivity index (χ0n) is 10.1. The van der Waals surface area contributed by atoms with Crippen molar-refractivity contribution in [3.05, 3.63) is 18.0 Å². The molecule has 1 rings (SSSR count). The lowest BCUT2D eigenvalue weighted by molar-refractivity contribution is 0.0487. The highest BCUT2D eigenvalue weighted by atomic mass is 16.5. The predicted molar refractivity (Wildman–Crippen MR) is 64.4 cm³/mol. The molecule has 0 aliphatic carbocycles. The molecule has 1 aromatic heterocycles. The Labute approximate surface area is 101 Å². The Balaban J connectivity index is 2.65. The second kappa shape index (κ2) is 5.94. The van der Waals surface area contributed by atoms with Gasteiger partial charge in [-0.2, -0.15) is 5.26 Å². The number of nitrogens with zero attached hydrogens (tertiary/aromatic N) is 2. The number of esters is 1. The van der Waals surface area contributed by atoms with Crippen LogP contribution in [0.1, 0.15) is 43.2 Å². The molecule has 0 aliphatic heterocycles. The lowest BCUT2D eigenvalue weighted by atomic mass is 10.3. The summed E-state index contributed by atoms with van der Waals surface area (Å²) in [6.07, 6.45) is 2.66. The van der Waals surface area contributed by atoms with Crippen molar-refractivity contribution in [1.82, 2.24) is 4.57 Å². The van der Waals surface area contributed by atoms with Crippen LogP contribution in [0.15, 0.2) is 12.3 Å². The highest BCUT2D eigenvalue weighted by Gasteiger charge is 2.15. The van der Waals surface area contributed by atoms with Gasteiger partial charge in [-0.3, -0.25) is 0 Å². The second-order valence-electron chi connectivity index (χ2n) is 4.06. The molecule has 0 aliphatic rings. The molecule has 2 N–H and O–H groups in total. The Hall–Kier alpha value is -1.96. The van der Waals surface area contributed by atoms with Gasteiger partial charge in [0.2, 0.25) is 0 Å². The van der Waals surface area contributed by atoms with Gasteiger partial charge in [0.15, 0.2) is 0 Å². The van der Waals surface area contributed by atoms with Crippen LogP contribution in [0.3, 0.4) is 0 Å². The van der Waals surface area contributed by atoms with E-state index in [1.54, 1.807) is 16.8 Å². The third-order valence-electron chi connectivity index (χ3n) is 2.30. The first kappa shape index (κ1) is 13.1. The Bertz CT molecular complexity index is 429. The molecule has 0 atom stereocenters. The Morgan fingerprint density at radius 2 is 2.35 bits per heavy atom. The molecular formula is C12H17N3O2. The fourth-order valence-corrected chi connectivity index (χ4v) is 1.48. The van der Waals surface area contributed by atoms with Crippen LogP contribution in [-0.4, -0.2) is 17.1 Å². The number of nitriles is 1. The molecule has 1 heterocycles. The topological polar surface area (TPSA) is 81.0 Å². The average Bonchev–Trinajstić information content (AvgIpc) is 2.66. The van der Waals surface area contributed by atoms with E-state index < -0.39 is 5.97 Å². The van der Waals surface area contributed by atoms with E-state index in [0.29, 0.717) is 24.2 Å². The number of hydrogen-bond donors (Lipinski definition) is 1. The summed E-state index contributed by atoms with van der Waals surface area (Å²) in [5.41, 5.74) is 6.66. The summed E-state index contributed by atoms with van der Waals surface area (Å²) in [7, 11) is 0. The summed E-state index contributed by atoms with van der Waals surface area (Å²) in [5, 5.41) is 8.36. The number of anilines is 1. The largest absolute Gasteiger partial charge is 0.461 e. The Morgan fingerprint density at radius 1 is 1.65 bits per heavy atom. The maximum atomic E-state index is 11.8. The van der Waals surface area contributed by atoms with Gasteiger partial charge >= 0.3 is 5.97 Å². The summed E-state index contributed by atoms with van der Waals surface area (Å²) in [5.74, 6) is -0.395.